The monoisotopic (exact) mass is 390 g/mol. The van der Waals surface area contributed by atoms with Gasteiger partial charge in [0.1, 0.15) is 10.7 Å². The lowest BCUT2D eigenvalue weighted by atomic mass is 9.97. The second-order valence-electron chi connectivity index (χ2n) is 6.23. The summed E-state index contributed by atoms with van der Waals surface area (Å²) in [5.74, 6) is 0.641. The van der Waals surface area contributed by atoms with Crippen LogP contribution in [0.25, 0.3) is 22.4 Å². The maximum Gasteiger partial charge on any atom is 0.262 e. The molecule has 2 heterocycles. The highest BCUT2D eigenvalue weighted by Gasteiger charge is 2.20. The minimum Gasteiger partial charge on any atom is -0.296 e. The normalized spacial score (nSPS) is 14.4. The molecule has 128 valence electrons. The largest absolute Gasteiger partial charge is 0.296 e. The molecule has 3 nitrogen and oxygen atoms in total. The minimum atomic E-state index is 0.0400. The molecule has 1 aliphatic carbocycles. The standard InChI is InChI=1S/C19H16Cl2N2OS/c1-23-16(9-7-11-6-8-13(20)14(21)10-11)22-18-17(19(23)24)12-4-2-3-5-15(12)25-18/h6-10H,2-5H2,1H3. The maximum atomic E-state index is 12.8. The van der Waals surface area contributed by atoms with Crippen LogP contribution in [-0.2, 0) is 19.9 Å². The number of hydrogen-bond acceptors (Lipinski definition) is 3. The van der Waals surface area contributed by atoms with Crippen molar-refractivity contribution in [2.45, 2.75) is 25.7 Å². The van der Waals surface area contributed by atoms with E-state index in [-0.39, 0.29) is 5.56 Å². The van der Waals surface area contributed by atoms with Crippen molar-refractivity contribution >= 4 is 56.9 Å². The zero-order chi connectivity index (χ0) is 17.6. The summed E-state index contributed by atoms with van der Waals surface area (Å²) in [4.78, 5) is 19.8. The molecule has 0 fully saturated rings. The number of fused-ring (bicyclic) bond motifs is 3. The van der Waals surface area contributed by atoms with Crippen LogP contribution in [0.4, 0.5) is 0 Å². The molecule has 0 radical (unpaired) electrons. The molecule has 0 saturated heterocycles. The van der Waals surface area contributed by atoms with Gasteiger partial charge in [0.25, 0.3) is 5.56 Å². The number of aryl methyl sites for hydroxylation is 2. The van der Waals surface area contributed by atoms with Crippen molar-refractivity contribution in [3.63, 3.8) is 0 Å². The SMILES string of the molecule is Cn1c(C=Cc2ccc(Cl)c(Cl)c2)nc2sc3c(c2c1=O)CCCC3. The third-order valence-corrected chi connectivity index (χ3v) is 6.52. The van der Waals surface area contributed by atoms with Crippen LogP contribution in [0.3, 0.4) is 0 Å². The second kappa shape index (κ2) is 6.60. The van der Waals surface area contributed by atoms with Crippen LogP contribution in [0, 0.1) is 0 Å². The van der Waals surface area contributed by atoms with E-state index in [0.29, 0.717) is 15.9 Å². The molecule has 25 heavy (non-hydrogen) atoms. The van der Waals surface area contributed by atoms with Crippen LogP contribution in [0.2, 0.25) is 10.0 Å². The number of aromatic nitrogens is 2. The van der Waals surface area contributed by atoms with Gasteiger partial charge in [-0.05, 0) is 55.0 Å². The van der Waals surface area contributed by atoms with Crippen LogP contribution in [0.1, 0.15) is 34.7 Å². The van der Waals surface area contributed by atoms with E-state index in [1.165, 1.54) is 16.9 Å². The van der Waals surface area contributed by atoms with E-state index in [9.17, 15) is 4.79 Å². The van der Waals surface area contributed by atoms with Crippen molar-refractivity contribution in [2.75, 3.05) is 0 Å². The molecule has 1 aliphatic rings. The molecule has 0 aliphatic heterocycles. The van der Waals surface area contributed by atoms with Crippen molar-refractivity contribution < 1.29 is 0 Å². The Labute approximate surface area is 159 Å². The van der Waals surface area contributed by atoms with Gasteiger partial charge in [-0.2, -0.15) is 0 Å². The number of nitrogens with zero attached hydrogens (tertiary/aromatic N) is 2. The first-order chi connectivity index (χ1) is 12.0. The van der Waals surface area contributed by atoms with Gasteiger partial charge in [-0.25, -0.2) is 4.98 Å². The molecule has 0 amide bonds. The number of benzene rings is 1. The Bertz CT molecular complexity index is 1070. The summed E-state index contributed by atoms with van der Waals surface area (Å²) in [6.45, 7) is 0. The highest BCUT2D eigenvalue weighted by molar-refractivity contribution is 7.18. The van der Waals surface area contributed by atoms with Gasteiger partial charge < -0.3 is 0 Å². The Hall–Kier alpha value is -1.62. The molecule has 2 aromatic heterocycles. The summed E-state index contributed by atoms with van der Waals surface area (Å²) in [5, 5.41) is 1.84. The Morgan fingerprint density at radius 1 is 1.16 bits per heavy atom. The predicted molar refractivity (Wildman–Crippen MR) is 107 cm³/mol. The molecule has 0 N–H and O–H groups in total. The molecule has 6 heteroatoms. The van der Waals surface area contributed by atoms with E-state index in [2.05, 4.69) is 0 Å². The van der Waals surface area contributed by atoms with Gasteiger partial charge in [0, 0.05) is 11.9 Å². The summed E-state index contributed by atoms with van der Waals surface area (Å²) >= 11 is 13.7. The lowest BCUT2D eigenvalue weighted by Crippen LogP contribution is -2.21. The summed E-state index contributed by atoms with van der Waals surface area (Å²) < 4.78 is 1.62. The zero-order valence-electron chi connectivity index (χ0n) is 13.7. The molecule has 0 bridgehead atoms. The van der Waals surface area contributed by atoms with E-state index in [0.717, 1.165) is 35.0 Å². The van der Waals surface area contributed by atoms with Crippen LogP contribution < -0.4 is 5.56 Å². The van der Waals surface area contributed by atoms with Gasteiger partial charge in [0.15, 0.2) is 0 Å². The Morgan fingerprint density at radius 3 is 2.76 bits per heavy atom. The third-order valence-electron chi connectivity index (χ3n) is 4.60. The fourth-order valence-electron chi connectivity index (χ4n) is 3.24. The molecular weight excluding hydrogens is 375 g/mol. The molecular formula is C19H16Cl2N2OS. The van der Waals surface area contributed by atoms with E-state index in [1.54, 1.807) is 35.1 Å². The average molecular weight is 391 g/mol. The van der Waals surface area contributed by atoms with Crippen molar-refractivity contribution in [1.82, 2.24) is 9.55 Å². The van der Waals surface area contributed by atoms with E-state index in [4.69, 9.17) is 28.2 Å². The fraction of sp³-hybridized carbons (Fsp3) is 0.263. The number of rotatable bonds is 2. The van der Waals surface area contributed by atoms with Crippen LogP contribution in [-0.4, -0.2) is 9.55 Å². The molecule has 1 aromatic carbocycles. The summed E-state index contributed by atoms with van der Waals surface area (Å²) in [6.07, 6.45) is 8.15. The van der Waals surface area contributed by atoms with Gasteiger partial charge >= 0.3 is 0 Å². The first kappa shape index (κ1) is 16.8. The summed E-state index contributed by atoms with van der Waals surface area (Å²) in [7, 11) is 1.77. The molecule has 0 saturated carbocycles. The van der Waals surface area contributed by atoms with Crippen molar-refractivity contribution in [3.8, 4) is 0 Å². The van der Waals surface area contributed by atoms with Crippen LogP contribution >= 0.6 is 34.5 Å². The van der Waals surface area contributed by atoms with E-state index >= 15 is 0 Å². The first-order valence-corrected chi connectivity index (χ1v) is 9.76. The maximum absolute atomic E-state index is 12.8. The van der Waals surface area contributed by atoms with Gasteiger partial charge in [-0.1, -0.05) is 35.3 Å². The summed E-state index contributed by atoms with van der Waals surface area (Å²) in [5.41, 5.74) is 2.17. The lowest BCUT2D eigenvalue weighted by Gasteiger charge is -2.10. The lowest BCUT2D eigenvalue weighted by molar-refractivity contribution is 0.699. The van der Waals surface area contributed by atoms with Crippen LogP contribution in [0.15, 0.2) is 23.0 Å². The molecule has 3 aromatic rings. The molecule has 0 spiro atoms. The Kier molecular flexibility index (Phi) is 4.44. The van der Waals surface area contributed by atoms with E-state index in [1.807, 2.05) is 18.2 Å². The Balaban J connectivity index is 1.80. The highest BCUT2D eigenvalue weighted by Crippen LogP contribution is 2.33. The smallest absolute Gasteiger partial charge is 0.262 e. The van der Waals surface area contributed by atoms with Gasteiger partial charge in [0.2, 0.25) is 0 Å². The number of halogens is 2. The zero-order valence-corrected chi connectivity index (χ0v) is 16.0. The molecule has 4 rings (SSSR count). The van der Waals surface area contributed by atoms with Gasteiger partial charge in [-0.3, -0.25) is 9.36 Å². The minimum absolute atomic E-state index is 0.0400. The van der Waals surface area contributed by atoms with Crippen LogP contribution in [0.5, 0.6) is 0 Å². The molecule has 0 atom stereocenters. The van der Waals surface area contributed by atoms with Gasteiger partial charge in [-0.15, -0.1) is 11.3 Å². The highest BCUT2D eigenvalue weighted by atomic mass is 35.5. The predicted octanol–water partition coefficient (Wildman–Crippen LogP) is 5.35. The van der Waals surface area contributed by atoms with Crippen molar-refractivity contribution in [2.24, 2.45) is 7.05 Å². The quantitative estimate of drug-likeness (QED) is 0.590. The van der Waals surface area contributed by atoms with E-state index < -0.39 is 0 Å². The van der Waals surface area contributed by atoms with Crippen molar-refractivity contribution in [3.05, 3.63) is 60.4 Å². The fourth-order valence-corrected chi connectivity index (χ4v) is 4.80. The first-order valence-electron chi connectivity index (χ1n) is 8.19. The molecule has 0 unspecified atom stereocenters. The third kappa shape index (κ3) is 3.03. The summed E-state index contributed by atoms with van der Waals surface area (Å²) in [6, 6.07) is 5.43. The number of thiophene rings is 1. The topological polar surface area (TPSA) is 34.9 Å². The van der Waals surface area contributed by atoms with Crippen molar-refractivity contribution in [1.29, 1.82) is 0 Å². The number of hydrogen-bond donors (Lipinski definition) is 0. The Morgan fingerprint density at radius 2 is 1.96 bits per heavy atom. The van der Waals surface area contributed by atoms with Gasteiger partial charge in [0.05, 0.1) is 15.4 Å². The average Bonchev–Trinajstić information content (AvgIpc) is 2.98. The second-order valence-corrected chi connectivity index (χ2v) is 8.13.